The molecule has 0 radical (unpaired) electrons. The Bertz CT molecular complexity index is 818. The topological polar surface area (TPSA) is 93.4 Å². The second kappa shape index (κ2) is 9.21. The van der Waals surface area contributed by atoms with Gasteiger partial charge in [0.1, 0.15) is 18.2 Å². The van der Waals surface area contributed by atoms with Gasteiger partial charge in [0.2, 0.25) is 5.91 Å². The molecule has 0 saturated heterocycles. The minimum absolute atomic E-state index is 0.145. The van der Waals surface area contributed by atoms with Crippen molar-refractivity contribution >= 4 is 5.91 Å². The second-order valence-electron chi connectivity index (χ2n) is 5.71. The molecule has 2 aromatic rings. The number of aryl methyl sites for hydroxylation is 1. The molecule has 1 aromatic carbocycles. The van der Waals surface area contributed by atoms with Gasteiger partial charge in [-0.05, 0) is 31.2 Å². The first-order valence-electron chi connectivity index (χ1n) is 8.20. The lowest BCUT2D eigenvalue weighted by Crippen LogP contribution is -2.36. The van der Waals surface area contributed by atoms with Crippen molar-refractivity contribution in [2.45, 2.75) is 19.9 Å². The molecular weight excluding hydrogens is 341 g/mol. The van der Waals surface area contributed by atoms with Crippen LogP contribution in [0.15, 0.2) is 29.1 Å². The second-order valence-corrected chi connectivity index (χ2v) is 5.71. The summed E-state index contributed by atoms with van der Waals surface area (Å²) < 4.78 is 19.3. The summed E-state index contributed by atoms with van der Waals surface area (Å²) in [5.41, 5.74) is 0.946. The predicted molar refractivity (Wildman–Crippen MR) is 94.3 cm³/mol. The van der Waals surface area contributed by atoms with Crippen LogP contribution < -0.4 is 10.9 Å². The summed E-state index contributed by atoms with van der Waals surface area (Å²) >= 11 is 0. The monoisotopic (exact) mass is 363 g/mol. The Balaban J connectivity index is 2.47. The first kappa shape index (κ1) is 19.7. The molecule has 26 heavy (non-hydrogen) atoms. The third-order valence-electron chi connectivity index (χ3n) is 3.86. The van der Waals surface area contributed by atoms with E-state index >= 15 is 0 Å². The largest absolute Gasteiger partial charge is 0.396 e. The third-order valence-corrected chi connectivity index (χ3v) is 3.86. The SMILES string of the molecule is COCCNC(=O)Cn1c(-c2ccc(F)cc2)nc(C)c(CCO)c1=O. The highest BCUT2D eigenvalue weighted by molar-refractivity contribution is 5.76. The van der Waals surface area contributed by atoms with Gasteiger partial charge in [-0.2, -0.15) is 0 Å². The normalized spacial score (nSPS) is 10.8. The van der Waals surface area contributed by atoms with E-state index in [0.717, 1.165) is 0 Å². The number of aromatic nitrogens is 2. The Morgan fingerprint density at radius 2 is 2.04 bits per heavy atom. The minimum Gasteiger partial charge on any atom is -0.396 e. The average Bonchev–Trinajstić information content (AvgIpc) is 2.62. The van der Waals surface area contributed by atoms with E-state index < -0.39 is 11.4 Å². The Morgan fingerprint density at radius 1 is 1.35 bits per heavy atom. The summed E-state index contributed by atoms with van der Waals surface area (Å²) in [5, 5.41) is 11.8. The minimum atomic E-state index is -0.409. The molecule has 1 aromatic heterocycles. The summed E-state index contributed by atoms with van der Waals surface area (Å²) in [6.07, 6.45) is 0.145. The molecule has 1 heterocycles. The lowest BCUT2D eigenvalue weighted by molar-refractivity contribution is -0.121. The average molecular weight is 363 g/mol. The Kier molecular flexibility index (Phi) is 6.99. The van der Waals surface area contributed by atoms with Crippen LogP contribution in [0.5, 0.6) is 0 Å². The molecule has 0 aliphatic heterocycles. The van der Waals surface area contributed by atoms with Gasteiger partial charge in [-0.3, -0.25) is 14.2 Å². The highest BCUT2D eigenvalue weighted by Crippen LogP contribution is 2.18. The summed E-state index contributed by atoms with van der Waals surface area (Å²) in [5.74, 6) is -0.502. The molecule has 0 aliphatic rings. The van der Waals surface area contributed by atoms with E-state index in [9.17, 15) is 19.1 Å². The van der Waals surface area contributed by atoms with E-state index in [4.69, 9.17) is 4.74 Å². The van der Waals surface area contributed by atoms with Crippen LogP contribution >= 0.6 is 0 Å². The molecular formula is C18H22FN3O4. The van der Waals surface area contributed by atoms with Crippen molar-refractivity contribution in [3.05, 3.63) is 51.7 Å². The van der Waals surface area contributed by atoms with Gasteiger partial charge in [-0.15, -0.1) is 0 Å². The molecule has 7 nitrogen and oxygen atoms in total. The number of nitrogens with one attached hydrogen (secondary N) is 1. The van der Waals surface area contributed by atoms with Gasteiger partial charge in [0.25, 0.3) is 5.56 Å². The van der Waals surface area contributed by atoms with Gasteiger partial charge in [0.05, 0.1) is 6.61 Å². The molecule has 0 spiro atoms. The summed E-state index contributed by atoms with van der Waals surface area (Å²) in [6.45, 7) is 1.91. The number of nitrogens with zero attached hydrogens (tertiary/aromatic N) is 2. The molecule has 0 unspecified atom stereocenters. The number of aliphatic hydroxyl groups excluding tert-OH is 1. The number of amides is 1. The number of benzene rings is 1. The summed E-state index contributed by atoms with van der Waals surface area (Å²) in [4.78, 5) is 29.4. The third kappa shape index (κ3) is 4.74. The number of rotatable bonds is 8. The fraction of sp³-hybridized carbons (Fsp3) is 0.389. The van der Waals surface area contributed by atoms with Crippen molar-refractivity contribution in [1.82, 2.24) is 14.9 Å². The summed E-state index contributed by atoms with van der Waals surface area (Å²) in [7, 11) is 1.52. The van der Waals surface area contributed by atoms with Crippen molar-refractivity contribution in [1.29, 1.82) is 0 Å². The van der Waals surface area contributed by atoms with E-state index in [-0.39, 0.29) is 31.3 Å². The Morgan fingerprint density at radius 3 is 2.65 bits per heavy atom. The van der Waals surface area contributed by atoms with Crippen molar-refractivity contribution in [2.24, 2.45) is 0 Å². The number of methoxy groups -OCH3 is 1. The number of halogens is 1. The molecule has 1 amide bonds. The van der Waals surface area contributed by atoms with Crippen LogP contribution in [0.1, 0.15) is 11.3 Å². The van der Waals surface area contributed by atoms with Gasteiger partial charge in [-0.25, -0.2) is 9.37 Å². The first-order chi connectivity index (χ1) is 12.5. The maximum atomic E-state index is 13.2. The van der Waals surface area contributed by atoms with Crippen LogP contribution in [0.3, 0.4) is 0 Å². The van der Waals surface area contributed by atoms with Gasteiger partial charge in [0, 0.05) is 43.5 Å². The highest BCUT2D eigenvalue weighted by Gasteiger charge is 2.17. The molecule has 0 bridgehead atoms. The highest BCUT2D eigenvalue weighted by atomic mass is 19.1. The zero-order valence-electron chi connectivity index (χ0n) is 14.8. The van der Waals surface area contributed by atoms with Crippen molar-refractivity contribution in [2.75, 3.05) is 26.9 Å². The molecule has 0 aliphatic carbocycles. The molecule has 140 valence electrons. The van der Waals surface area contributed by atoms with Crippen LogP contribution in [0.2, 0.25) is 0 Å². The van der Waals surface area contributed by atoms with Crippen LogP contribution in [-0.4, -0.2) is 47.4 Å². The van der Waals surface area contributed by atoms with Crippen LogP contribution in [0.25, 0.3) is 11.4 Å². The number of aliphatic hydroxyl groups is 1. The molecule has 0 fully saturated rings. The van der Waals surface area contributed by atoms with Crippen molar-refractivity contribution in [3.8, 4) is 11.4 Å². The van der Waals surface area contributed by atoms with Gasteiger partial charge >= 0.3 is 0 Å². The standard InChI is InChI=1S/C18H22FN3O4/c1-12-15(7-9-23)18(25)22(11-16(24)20-8-10-26-2)17(21-12)13-3-5-14(19)6-4-13/h3-6,23H,7-11H2,1-2H3,(H,20,24). The van der Waals surface area contributed by atoms with Gasteiger partial charge in [0.15, 0.2) is 0 Å². The van der Waals surface area contributed by atoms with Crippen LogP contribution in [-0.2, 0) is 22.5 Å². The number of hydrogen-bond donors (Lipinski definition) is 2. The van der Waals surface area contributed by atoms with E-state index in [1.54, 1.807) is 6.92 Å². The van der Waals surface area contributed by atoms with Gasteiger partial charge < -0.3 is 15.2 Å². The van der Waals surface area contributed by atoms with Crippen molar-refractivity contribution < 1.29 is 19.0 Å². The zero-order chi connectivity index (χ0) is 19.1. The van der Waals surface area contributed by atoms with E-state index in [0.29, 0.717) is 30.0 Å². The van der Waals surface area contributed by atoms with E-state index in [2.05, 4.69) is 10.3 Å². The number of hydrogen-bond acceptors (Lipinski definition) is 5. The Labute approximate surface area is 150 Å². The number of carbonyl (C=O) groups excluding carboxylic acids is 1. The maximum Gasteiger partial charge on any atom is 0.257 e. The van der Waals surface area contributed by atoms with Gasteiger partial charge in [-0.1, -0.05) is 0 Å². The first-order valence-corrected chi connectivity index (χ1v) is 8.20. The van der Waals surface area contributed by atoms with Crippen LogP contribution in [0, 0.1) is 12.7 Å². The Hall–Kier alpha value is -2.58. The van der Waals surface area contributed by atoms with Crippen LogP contribution in [0.4, 0.5) is 4.39 Å². The fourth-order valence-electron chi connectivity index (χ4n) is 2.56. The smallest absolute Gasteiger partial charge is 0.257 e. The molecule has 8 heteroatoms. The zero-order valence-corrected chi connectivity index (χ0v) is 14.8. The molecule has 0 saturated carbocycles. The maximum absolute atomic E-state index is 13.2. The predicted octanol–water partition coefficient (Wildman–Crippen LogP) is 0.655. The number of carbonyl (C=O) groups is 1. The van der Waals surface area contributed by atoms with Crippen molar-refractivity contribution in [3.63, 3.8) is 0 Å². The number of ether oxygens (including phenoxy) is 1. The lowest BCUT2D eigenvalue weighted by atomic mass is 10.1. The molecule has 0 atom stereocenters. The fourth-order valence-corrected chi connectivity index (χ4v) is 2.56. The molecule has 2 rings (SSSR count). The quantitative estimate of drug-likeness (QED) is 0.672. The summed E-state index contributed by atoms with van der Waals surface area (Å²) in [6, 6.07) is 5.53. The van der Waals surface area contributed by atoms with E-state index in [1.807, 2.05) is 0 Å². The lowest BCUT2D eigenvalue weighted by Gasteiger charge is -2.15. The molecule has 2 N–H and O–H groups in total. The van der Waals surface area contributed by atoms with E-state index in [1.165, 1.54) is 35.9 Å².